The third-order valence-electron chi connectivity index (χ3n) is 6.97. The Hall–Kier alpha value is -4.08. The topological polar surface area (TPSA) is 123 Å². The van der Waals surface area contributed by atoms with Gasteiger partial charge in [-0.25, -0.2) is 9.97 Å². The van der Waals surface area contributed by atoms with E-state index >= 15 is 0 Å². The van der Waals surface area contributed by atoms with E-state index in [1.165, 1.54) is 11.3 Å². The second-order valence-corrected chi connectivity index (χ2v) is 12.0. The van der Waals surface area contributed by atoms with Gasteiger partial charge < -0.3 is 20.3 Å². The number of pyridine rings is 1. The highest BCUT2D eigenvalue weighted by atomic mass is 35.5. The van der Waals surface area contributed by atoms with Crippen LogP contribution in [0.25, 0.3) is 10.3 Å². The molecular formula is C30H30ClN7O3S. The summed E-state index contributed by atoms with van der Waals surface area (Å²) in [6.45, 7) is 7.51. The summed E-state index contributed by atoms with van der Waals surface area (Å²) in [5.74, 6) is 0.163. The number of amides is 2. The summed E-state index contributed by atoms with van der Waals surface area (Å²) < 4.78 is 5.97. The fourth-order valence-electron chi connectivity index (χ4n) is 4.37. The highest BCUT2D eigenvalue weighted by Crippen LogP contribution is 2.33. The predicted molar refractivity (Wildman–Crippen MR) is 165 cm³/mol. The molecule has 1 saturated heterocycles. The predicted octanol–water partition coefficient (Wildman–Crippen LogP) is 5.38. The van der Waals surface area contributed by atoms with Gasteiger partial charge in [-0.2, -0.15) is 5.26 Å². The van der Waals surface area contributed by atoms with Crippen LogP contribution in [-0.4, -0.2) is 71.4 Å². The van der Waals surface area contributed by atoms with Crippen LogP contribution in [0, 0.1) is 11.3 Å². The summed E-state index contributed by atoms with van der Waals surface area (Å²) in [7, 11) is 2.08. The van der Waals surface area contributed by atoms with Gasteiger partial charge in [0.15, 0.2) is 5.13 Å². The number of carbonyl (C=O) groups excluding carboxylic acids is 2. The fourth-order valence-corrected chi connectivity index (χ4v) is 5.37. The molecule has 2 N–H and O–H groups in total. The van der Waals surface area contributed by atoms with E-state index in [2.05, 4.69) is 43.5 Å². The molecule has 0 aliphatic carbocycles. The van der Waals surface area contributed by atoms with Crippen LogP contribution in [-0.2, 0) is 10.2 Å². The molecule has 2 aromatic heterocycles. The molecule has 1 aliphatic rings. The number of fused-ring (bicyclic) bond motifs is 1. The number of thiazole rings is 1. The Morgan fingerprint density at radius 1 is 1.07 bits per heavy atom. The molecule has 1 fully saturated rings. The summed E-state index contributed by atoms with van der Waals surface area (Å²) >= 11 is 7.65. The maximum Gasteiger partial charge on any atom is 0.255 e. The minimum Gasteiger partial charge on any atom is -0.437 e. The van der Waals surface area contributed by atoms with Crippen LogP contribution in [0.15, 0.2) is 54.6 Å². The zero-order valence-electron chi connectivity index (χ0n) is 23.5. The quantitative estimate of drug-likeness (QED) is 0.275. The van der Waals surface area contributed by atoms with Crippen LogP contribution in [0.2, 0.25) is 5.02 Å². The Kier molecular flexibility index (Phi) is 8.70. The number of ether oxygens (including phenoxy) is 1. The van der Waals surface area contributed by atoms with E-state index in [1.54, 1.807) is 62.4 Å². The summed E-state index contributed by atoms with van der Waals surface area (Å²) in [4.78, 5) is 39.5. The Morgan fingerprint density at radius 2 is 1.86 bits per heavy atom. The Bertz CT molecular complexity index is 1680. The minimum atomic E-state index is -0.722. The Morgan fingerprint density at radius 3 is 2.62 bits per heavy atom. The molecule has 12 heteroatoms. The Balaban J connectivity index is 1.25. The number of nitrogens with one attached hydrogen (secondary N) is 2. The number of aromatic nitrogens is 2. The lowest BCUT2D eigenvalue weighted by Gasteiger charge is -2.31. The zero-order valence-corrected chi connectivity index (χ0v) is 25.1. The van der Waals surface area contributed by atoms with Crippen LogP contribution < -0.4 is 15.4 Å². The highest BCUT2D eigenvalue weighted by molar-refractivity contribution is 7.21. The molecule has 0 radical (unpaired) electrons. The smallest absolute Gasteiger partial charge is 0.255 e. The standard InChI is InChI=1S/C30H30ClN7O3S/c1-30(2,18-32)20-6-4-5-19(15-20)27(40)33-21-7-8-22(31)24(16-21)41-26-10-9-23-28(36-26)42-29(34-23)35-25(39)17-38-13-11-37(3)12-14-38/h4-10,15-16H,11-14,17H2,1-3H3,(H,33,40)(H,34,35,39). The average Bonchev–Trinajstić information content (AvgIpc) is 3.37. The van der Waals surface area contributed by atoms with Crippen molar-refractivity contribution in [2.75, 3.05) is 50.4 Å². The monoisotopic (exact) mass is 603 g/mol. The number of likely N-dealkylation sites (N-methyl/N-ethyl adjacent to an activating group) is 1. The molecule has 42 heavy (non-hydrogen) atoms. The molecular weight excluding hydrogens is 574 g/mol. The molecule has 0 bridgehead atoms. The van der Waals surface area contributed by atoms with Gasteiger partial charge in [-0.05, 0) is 56.8 Å². The van der Waals surface area contributed by atoms with E-state index in [0.29, 0.717) is 49.9 Å². The maximum absolute atomic E-state index is 13.0. The Labute approximate surface area is 252 Å². The molecule has 10 nitrogen and oxygen atoms in total. The number of nitrogens with zero attached hydrogens (tertiary/aromatic N) is 5. The molecule has 216 valence electrons. The highest BCUT2D eigenvalue weighted by Gasteiger charge is 2.21. The minimum absolute atomic E-state index is 0.110. The van der Waals surface area contributed by atoms with Crippen LogP contribution in [0.4, 0.5) is 10.8 Å². The van der Waals surface area contributed by atoms with Crippen molar-refractivity contribution in [3.05, 3.63) is 70.7 Å². The molecule has 0 saturated carbocycles. The van der Waals surface area contributed by atoms with E-state index in [9.17, 15) is 14.9 Å². The van der Waals surface area contributed by atoms with Gasteiger partial charge in [0.1, 0.15) is 16.1 Å². The summed E-state index contributed by atoms with van der Waals surface area (Å²) in [5.41, 5.74) is 1.57. The third kappa shape index (κ3) is 7.03. The van der Waals surface area contributed by atoms with E-state index in [1.807, 2.05) is 6.07 Å². The van der Waals surface area contributed by atoms with E-state index in [4.69, 9.17) is 16.3 Å². The lowest BCUT2D eigenvalue weighted by atomic mass is 9.85. The van der Waals surface area contributed by atoms with E-state index < -0.39 is 5.41 Å². The maximum atomic E-state index is 13.0. The average molecular weight is 604 g/mol. The first kappa shape index (κ1) is 29.4. The van der Waals surface area contributed by atoms with Crippen molar-refractivity contribution in [1.82, 2.24) is 19.8 Å². The summed E-state index contributed by atoms with van der Waals surface area (Å²) in [5, 5.41) is 16.0. The van der Waals surface area contributed by atoms with Crippen molar-refractivity contribution in [3.8, 4) is 17.7 Å². The lowest BCUT2D eigenvalue weighted by molar-refractivity contribution is -0.117. The molecule has 1 aliphatic heterocycles. The second-order valence-electron chi connectivity index (χ2n) is 10.6. The largest absolute Gasteiger partial charge is 0.437 e. The van der Waals surface area contributed by atoms with Crippen molar-refractivity contribution in [1.29, 1.82) is 5.26 Å². The number of rotatable bonds is 8. The molecule has 0 unspecified atom stereocenters. The van der Waals surface area contributed by atoms with Gasteiger partial charge in [-0.15, -0.1) is 0 Å². The number of piperazine rings is 1. The van der Waals surface area contributed by atoms with Crippen molar-refractivity contribution in [2.45, 2.75) is 19.3 Å². The van der Waals surface area contributed by atoms with Crippen molar-refractivity contribution >= 4 is 55.9 Å². The van der Waals surface area contributed by atoms with Crippen LogP contribution in [0.1, 0.15) is 29.8 Å². The van der Waals surface area contributed by atoms with Gasteiger partial charge in [0, 0.05) is 49.6 Å². The van der Waals surface area contributed by atoms with Crippen molar-refractivity contribution < 1.29 is 14.3 Å². The zero-order chi connectivity index (χ0) is 29.9. The first-order valence-corrected chi connectivity index (χ1v) is 14.6. The van der Waals surface area contributed by atoms with Gasteiger partial charge in [-0.3, -0.25) is 14.5 Å². The molecule has 0 atom stereocenters. The molecule has 5 rings (SSSR count). The van der Waals surface area contributed by atoms with E-state index in [-0.39, 0.29) is 11.8 Å². The first-order valence-electron chi connectivity index (χ1n) is 13.4. The molecule has 4 aromatic rings. The number of anilines is 2. The summed E-state index contributed by atoms with van der Waals surface area (Å²) in [6.07, 6.45) is 0. The first-order chi connectivity index (χ1) is 20.1. The molecule has 2 aromatic carbocycles. The second kappa shape index (κ2) is 12.4. The molecule has 3 heterocycles. The van der Waals surface area contributed by atoms with Crippen molar-refractivity contribution in [3.63, 3.8) is 0 Å². The number of hydrogen-bond acceptors (Lipinski definition) is 9. The molecule has 0 spiro atoms. The van der Waals surface area contributed by atoms with Gasteiger partial charge >= 0.3 is 0 Å². The number of benzene rings is 2. The number of halogens is 1. The lowest BCUT2D eigenvalue weighted by Crippen LogP contribution is -2.47. The van der Waals surface area contributed by atoms with Gasteiger partial charge in [-0.1, -0.05) is 35.1 Å². The van der Waals surface area contributed by atoms with Crippen LogP contribution in [0.3, 0.4) is 0 Å². The number of nitriles is 1. The number of hydrogen-bond donors (Lipinski definition) is 2. The van der Waals surface area contributed by atoms with Crippen LogP contribution in [0.5, 0.6) is 11.6 Å². The SMILES string of the molecule is CN1CCN(CC(=O)Nc2nc3ccc(Oc4cc(NC(=O)c5cccc(C(C)(C)C#N)c5)ccc4Cl)nc3s2)CC1. The van der Waals surface area contributed by atoms with Gasteiger partial charge in [0.05, 0.1) is 23.1 Å². The van der Waals surface area contributed by atoms with E-state index in [0.717, 1.165) is 31.7 Å². The number of carbonyl (C=O) groups is 2. The van der Waals surface area contributed by atoms with Crippen molar-refractivity contribution in [2.24, 2.45) is 0 Å². The normalized spacial score (nSPS) is 14.4. The van der Waals surface area contributed by atoms with Gasteiger partial charge in [0.25, 0.3) is 5.91 Å². The molecule has 2 amide bonds. The summed E-state index contributed by atoms with van der Waals surface area (Å²) in [6, 6.07) is 17.6. The van der Waals surface area contributed by atoms with Crippen LogP contribution >= 0.6 is 22.9 Å². The fraction of sp³-hybridized carbons (Fsp3) is 0.300. The third-order valence-corrected chi connectivity index (χ3v) is 8.16. The van der Waals surface area contributed by atoms with Gasteiger partial charge in [0.2, 0.25) is 11.8 Å².